The molecule has 26 heavy (non-hydrogen) atoms. The molecule has 0 fully saturated rings. The third-order valence-corrected chi connectivity index (χ3v) is 5.28. The molecule has 0 spiro atoms. The normalized spacial score (nSPS) is 10.3. The summed E-state index contributed by atoms with van der Waals surface area (Å²) in [5.74, 6) is 0. The van der Waals surface area contributed by atoms with E-state index in [0.717, 1.165) is 0 Å². The van der Waals surface area contributed by atoms with Crippen molar-refractivity contribution in [2.24, 2.45) is 0 Å². The van der Waals surface area contributed by atoms with E-state index in [2.05, 4.69) is 103 Å². The van der Waals surface area contributed by atoms with Crippen LogP contribution in [0.2, 0.25) is 0 Å². The molecular formula is C22H18BCl2Ti. The van der Waals surface area contributed by atoms with Gasteiger partial charge in [0.15, 0.2) is 0 Å². The second kappa shape index (κ2) is 8.28. The van der Waals surface area contributed by atoms with Crippen LogP contribution in [-0.4, -0.2) is 6.91 Å². The van der Waals surface area contributed by atoms with Crippen molar-refractivity contribution in [3.8, 4) is 11.1 Å². The van der Waals surface area contributed by atoms with E-state index in [1.54, 1.807) is 0 Å². The first kappa shape index (κ1) is 21.2. The third-order valence-electron chi connectivity index (χ3n) is 4.79. The Balaban J connectivity index is 0.00000121. The summed E-state index contributed by atoms with van der Waals surface area (Å²) in [7, 11) is 0. The van der Waals surface area contributed by atoms with Gasteiger partial charge in [-0.2, -0.15) is 0 Å². The van der Waals surface area contributed by atoms with Gasteiger partial charge in [0.25, 0.3) is 0 Å². The molecule has 0 aliphatic rings. The molecule has 0 N–H and O–H groups in total. The molecule has 0 aliphatic heterocycles. The number of rotatable bonds is 1. The van der Waals surface area contributed by atoms with Crippen LogP contribution in [-0.2, 0) is 20.4 Å². The molecule has 0 saturated heterocycles. The van der Waals surface area contributed by atoms with Crippen LogP contribution in [0.1, 0.15) is 16.7 Å². The summed E-state index contributed by atoms with van der Waals surface area (Å²) in [5.41, 5.74) is 6.79. The van der Waals surface area contributed by atoms with Gasteiger partial charge in [0, 0.05) is 0 Å². The van der Waals surface area contributed by atoms with Gasteiger partial charge in [-0.3, -0.25) is 0 Å². The zero-order valence-corrected chi connectivity index (χ0v) is 18.1. The van der Waals surface area contributed by atoms with Crippen LogP contribution in [0.5, 0.6) is 0 Å². The van der Waals surface area contributed by atoms with E-state index in [0.29, 0.717) is 0 Å². The van der Waals surface area contributed by atoms with Gasteiger partial charge in [-0.25, -0.2) is 0 Å². The fraction of sp³-hybridized carbons (Fsp3) is 0.136. The third kappa shape index (κ3) is 3.64. The fourth-order valence-electron chi connectivity index (χ4n) is 3.91. The van der Waals surface area contributed by atoms with Crippen molar-refractivity contribution >= 4 is 32.1 Å². The van der Waals surface area contributed by atoms with Crippen molar-refractivity contribution in [3.63, 3.8) is 0 Å². The van der Waals surface area contributed by atoms with E-state index < -0.39 is 0 Å². The molecule has 3 aromatic carbocycles. The van der Waals surface area contributed by atoms with E-state index in [1.165, 1.54) is 53.0 Å². The van der Waals surface area contributed by atoms with Gasteiger partial charge < -0.3 is 24.8 Å². The van der Waals surface area contributed by atoms with Crippen LogP contribution >= 0.6 is 0 Å². The molecule has 0 saturated carbocycles. The summed E-state index contributed by atoms with van der Waals surface area (Å²) in [6, 6.07) is 20.1. The summed E-state index contributed by atoms with van der Waals surface area (Å²) >= 11 is 2.17. The maximum Gasteiger partial charge on any atom is -1.00 e. The van der Waals surface area contributed by atoms with E-state index in [4.69, 9.17) is 0 Å². The predicted octanol–water partition coefficient (Wildman–Crippen LogP) is -0.897. The van der Waals surface area contributed by atoms with Crippen LogP contribution in [0, 0.1) is 20.8 Å². The van der Waals surface area contributed by atoms with Crippen LogP contribution in [0.15, 0.2) is 54.6 Å². The van der Waals surface area contributed by atoms with E-state index in [9.17, 15) is 0 Å². The quantitative estimate of drug-likeness (QED) is 0.281. The molecule has 0 bridgehead atoms. The number of hydrogen-bond acceptors (Lipinski definition) is 0. The molecule has 0 unspecified atom stereocenters. The second-order valence-corrected chi connectivity index (χ2v) is 7.58. The van der Waals surface area contributed by atoms with Crippen molar-refractivity contribution in [2.45, 2.75) is 20.8 Å². The van der Waals surface area contributed by atoms with Gasteiger partial charge in [-0.05, 0) is 0 Å². The van der Waals surface area contributed by atoms with E-state index in [-0.39, 0.29) is 24.8 Å². The van der Waals surface area contributed by atoms with Gasteiger partial charge in [0.1, 0.15) is 0 Å². The maximum absolute atomic E-state index is 2.33. The summed E-state index contributed by atoms with van der Waals surface area (Å²) in [5, 5.41) is 5.31. The molecule has 1 heterocycles. The van der Waals surface area contributed by atoms with E-state index in [1.807, 2.05) is 0 Å². The average molecular weight is 412 g/mol. The minimum atomic E-state index is 0. The molecule has 0 atom stereocenters. The van der Waals surface area contributed by atoms with Crippen LogP contribution in [0.4, 0.5) is 0 Å². The molecule has 0 amide bonds. The molecule has 0 nitrogen and oxygen atoms in total. The van der Waals surface area contributed by atoms with Crippen molar-refractivity contribution in [1.29, 1.82) is 0 Å². The van der Waals surface area contributed by atoms with Gasteiger partial charge in [0.2, 0.25) is 0 Å². The first-order valence-corrected chi connectivity index (χ1v) is 9.08. The number of aryl methyl sites for hydroxylation is 3. The second-order valence-electron chi connectivity index (χ2n) is 6.68. The summed E-state index contributed by atoms with van der Waals surface area (Å²) < 4.78 is 1.31. The molecule has 0 aliphatic carbocycles. The van der Waals surface area contributed by atoms with Gasteiger partial charge in [0.05, 0.1) is 0 Å². The minimum Gasteiger partial charge on any atom is -1.00 e. The zero-order valence-electron chi connectivity index (χ0n) is 15.0. The average Bonchev–Trinajstić information content (AvgIpc) is 2.53. The Hall–Kier alpha value is -1.11. The molecule has 0 radical (unpaired) electrons. The Morgan fingerprint density at radius 1 is 0.731 bits per heavy atom. The molecule has 127 valence electrons. The van der Waals surface area contributed by atoms with Crippen molar-refractivity contribution in [3.05, 3.63) is 71.3 Å². The largest absolute Gasteiger partial charge is 1.00 e. The molecular weight excluding hydrogens is 394 g/mol. The van der Waals surface area contributed by atoms with Gasteiger partial charge >= 0.3 is 156 Å². The summed E-state index contributed by atoms with van der Waals surface area (Å²) in [4.78, 5) is 0. The smallest absolute Gasteiger partial charge is 1.00 e. The Morgan fingerprint density at radius 2 is 1.38 bits per heavy atom. The van der Waals surface area contributed by atoms with Crippen LogP contribution in [0.3, 0.4) is 0 Å². The van der Waals surface area contributed by atoms with E-state index >= 15 is 0 Å². The SMILES string of the molecule is Cc1cc(C)c(-c2c3b[c]([Ti+2])ccc3cc3ccccc23)c(C)c1.[Cl-].[Cl-]. The Bertz CT molecular complexity index is 1080. The van der Waals surface area contributed by atoms with Crippen molar-refractivity contribution < 1.29 is 45.2 Å². The number of fused-ring (bicyclic) bond motifs is 2. The maximum atomic E-state index is 2.33. The molecule has 4 aromatic rings. The van der Waals surface area contributed by atoms with Gasteiger partial charge in [-0.1, -0.05) is 0 Å². The topological polar surface area (TPSA) is 0 Å². The molecule has 4 rings (SSSR count). The zero-order chi connectivity index (χ0) is 16.8. The van der Waals surface area contributed by atoms with Gasteiger partial charge in [-0.15, -0.1) is 0 Å². The Morgan fingerprint density at radius 3 is 2.08 bits per heavy atom. The molecule has 4 heteroatoms. The number of halogens is 2. The number of hydrogen-bond donors (Lipinski definition) is 0. The predicted molar refractivity (Wildman–Crippen MR) is 102 cm³/mol. The van der Waals surface area contributed by atoms with Crippen LogP contribution in [0.25, 0.3) is 32.6 Å². The van der Waals surface area contributed by atoms with Crippen LogP contribution < -0.4 is 28.6 Å². The fourth-order valence-corrected chi connectivity index (χ4v) is 4.26. The minimum absolute atomic E-state index is 0. The summed E-state index contributed by atoms with van der Waals surface area (Å²) in [6.45, 7) is 8.97. The Labute approximate surface area is 179 Å². The number of benzene rings is 3. The van der Waals surface area contributed by atoms with Crippen molar-refractivity contribution in [2.75, 3.05) is 0 Å². The summed E-state index contributed by atoms with van der Waals surface area (Å²) in [6.07, 6.45) is 0. The standard InChI is InChI=1S/C22H18B.2ClH.Ti/c1-14-11-15(2)20(16(3)12-14)21-19-9-5-4-7-17(19)13-18-8-6-10-23-22(18)21;;;/h4-9,11-13H,1-3H3;2*1H;/q;;;+2/p-2. The first-order chi connectivity index (χ1) is 11.5. The monoisotopic (exact) mass is 411 g/mol. The van der Waals surface area contributed by atoms with Crippen molar-refractivity contribution in [1.82, 2.24) is 0 Å². The Kier molecular flexibility index (Phi) is 6.75. The first-order valence-electron chi connectivity index (χ1n) is 8.30. The molecule has 1 aromatic heterocycles.